The van der Waals surface area contributed by atoms with Gasteiger partial charge in [-0.3, -0.25) is 20.4 Å². The van der Waals surface area contributed by atoms with E-state index >= 15 is 0 Å². The van der Waals surface area contributed by atoms with Gasteiger partial charge < -0.3 is 4.74 Å². The lowest BCUT2D eigenvalue weighted by atomic mass is 10.2. The zero-order valence-electron chi connectivity index (χ0n) is 10.5. The molecule has 0 bridgehead atoms. The minimum absolute atomic E-state index is 0.0455. The van der Waals surface area contributed by atoms with Gasteiger partial charge in [-0.25, -0.2) is 4.39 Å². The molecule has 1 aromatic heterocycles. The Morgan fingerprint density at radius 3 is 2.55 bits per heavy atom. The van der Waals surface area contributed by atoms with E-state index in [0.29, 0.717) is 4.88 Å². The number of benzene rings is 1. The molecule has 2 aromatic rings. The second kappa shape index (κ2) is 6.16. The second-order valence-electron chi connectivity index (χ2n) is 3.73. The highest BCUT2D eigenvalue weighted by molar-refractivity contribution is 7.12. The van der Waals surface area contributed by atoms with Crippen LogP contribution in [0.15, 0.2) is 35.7 Å². The monoisotopic (exact) mass is 294 g/mol. The van der Waals surface area contributed by atoms with Crippen molar-refractivity contribution in [1.82, 2.24) is 10.9 Å². The van der Waals surface area contributed by atoms with Gasteiger partial charge in [0.05, 0.1) is 12.0 Å². The maximum Gasteiger partial charge on any atom is 0.279 e. The number of nitrogens with one attached hydrogen (secondary N) is 2. The number of hydrazine groups is 1. The number of methoxy groups -OCH3 is 1. The molecule has 0 saturated carbocycles. The number of amides is 2. The largest absolute Gasteiger partial charge is 0.494 e. The maximum absolute atomic E-state index is 13.4. The van der Waals surface area contributed by atoms with Crippen molar-refractivity contribution in [1.29, 1.82) is 0 Å². The van der Waals surface area contributed by atoms with E-state index in [-0.39, 0.29) is 11.3 Å². The number of hydrogen-bond acceptors (Lipinski definition) is 4. The third kappa shape index (κ3) is 3.12. The van der Waals surface area contributed by atoms with E-state index in [0.717, 1.165) is 6.07 Å². The second-order valence-corrected chi connectivity index (χ2v) is 4.68. The summed E-state index contributed by atoms with van der Waals surface area (Å²) in [6.07, 6.45) is 0. The third-order valence-corrected chi connectivity index (χ3v) is 3.32. The average Bonchev–Trinajstić information content (AvgIpc) is 2.98. The lowest BCUT2D eigenvalue weighted by Gasteiger charge is -2.07. The average molecular weight is 294 g/mol. The van der Waals surface area contributed by atoms with E-state index in [1.165, 1.54) is 30.6 Å². The van der Waals surface area contributed by atoms with Crippen LogP contribution in [-0.4, -0.2) is 18.9 Å². The summed E-state index contributed by atoms with van der Waals surface area (Å²) in [5.41, 5.74) is 4.54. The van der Waals surface area contributed by atoms with E-state index in [1.807, 2.05) is 0 Å². The SMILES string of the molecule is COc1ccc(C(=O)NNC(=O)c2cccs2)cc1F. The van der Waals surface area contributed by atoms with Gasteiger partial charge in [0.1, 0.15) is 0 Å². The zero-order chi connectivity index (χ0) is 14.5. The van der Waals surface area contributed by atoms with Crippen LogP contribution in [0.25, 0.3) is 0 Å². The number of hydrogen-bond donors (Lipinski definition) is 2. The van der Waals surface area contributed by atoms with E-state index < -0.39 is 17.6 Å². The van der Waals surface area contributed by atoms with Crippen LogP contribution in [-0.2, 0) is 0 Å². The van der Waals surface area contributed by atoms with Crippen molar-refractivity contribution in [3.63, 3.8) is 0 Å². The fourth-order valence-corrected chi connectivity index (χ4v) is 2.08. The highest BCUT2D eigenvalue weighted by Crippen LogP contribution is 2.17. The van der Waals surface area contributed by atoms with E-state index in [4.69, 9.17) is 4.74 Å². The number of carbonyl (C=O) groups excluding carboxylic acids is 2. The molecule has 0 unspecified atom stereocenters. The Hall–Kier alpha value is -2.41. The fraction of sp³-hybridized carbons (Fsp3) is 0.0769. The Balaban J connectivity index is 1.98. The lowest BCUT2D eigenvalue weighted by molar-refractivity contribution is 0.0848. The van der Waals surface area contributed by atoms with Crippen LogP contribution in [0, 0.1) is 5.82 Å². The van der Waals surface area contributed by atoms with Crippen LogP contribution in [0.3, 0.4) is 0 Å². The summed E-state index contributed by atoms with van der Waals surface area (Å²) in [5, 5.41) is 1.75. The first-order valence-electron chi connectivity index (χ1n) is 5.59. The van der Waals surface area contributed by atoms with Gasteiger partial charge in [0.25, 0.3) is 11.8 Å². The highest BCUT2D eigenvalue weighted by atomic mass is 32.1. The Kier molecular flexibility index (Phi) is 4.31. The molecule has 5 nitrogen and oxygen atoms in total. The molecule has 0 aliphatic heterocycles. The van der Waals surface area contributed by atoms with E-state index in [2.05, 4.69) is 10.9 Å². The molecule has 20 heavy (non-hydrogen) atoms. The van der Waals surface area contributed by atoms with Gasteiger partial charge in [-0.2, -0.15) is 0 Å². The standard InChI is InChI=1S/C13H11FN2O3S/c1-19-10-5-4-8(7-9(10)14)12(17)15-16-13(18)11-3-2-6-20-11/h2-7H,1H3,(H,15,17)(H,16,18). The van der Waals surface area contributed by atoms with Crippen LogP contribution < -0.4 is 15.6 Å². The minimum Gasteiger partial charge on any atom is -0.494 e. The first-order chi connectivity index (χ1) is 9.61. The van der Waals surface area contributed by atoms with Crippen molar-refractivity contribution >= 4 is 23.2 Å². The molecular weight excluding hydrogens is 283 g/mol. The Labute approximate surface area is 118 Å². The molecule has 2 rings (SSSR count). The van der Waals surface area contributed by atoms with Gasteiger partial charge in [-0.15, -0.1) is 11.3 Å². The van der Waals surface area contributed by atoms with Crippen LogP contribution in [0.5, 0.6) is 5.75 Å². The topological polar surface area (TPSA) is 67.4 Å². The van der Waals surface area contributed by atoms with Gasteiger partial charge in [0, 0.05) is 5.56 Å². The van der Waals surface area contributed by atoms with Gasteiger partial charge in [-0.1, -0.05) is 6.07 Å². The fourth-order valence-electron chi connectivity index (χ4n) is 1.46. The third-order valence-electron chi connectivity index (χ3n) is 2.45. The van der Waals surface area contributed by atoms with Crippen LogP contribution in [0.4, 0.5) is 4.39 Å². The predicted octanol–water partition coefficient (Wildman–Crippen LogP) is 1.97. The van der Waals surface area contributed by atoms with Gasteiger partial charge >= 0.3 is 0 Å². The quantitative estimate of drug-likeness (QED) is 0.851. The summed E-state index contributed by atoms with van der Waals surface area (Å²) < 4.78 is 18.2. The molecule has 2 amide bonds. The molecule has 1 aromatic carbocycles. The van der Waals surface area contributed by atoms with E-state index in [9.17, 15) is 14.0 Å². The molecule has 0 radical (unpaired) electrons. The molecule has 0 aliphatic rings. The molecule has 0 atom stereocenters. The number of rotatable bonds is 3. The van der Waals surface area contributed by atoms with E-state index in [1.54, 1.807) is 17.5 Å². The first-order valence-corrected chi connectivity index (χ1v) is 6.47. The smallest absolute Gasteiger partial charge is 0.279 e. The summed E-state index contributed by atoms with van der Waals surface area (Å²) in [6.45, 7) is 0. The van der Waals surface area contributed by atoms with Crippen LogP contribution in [0.2, 0.25) is 0 Å². The van der Waals surface area contributed by atoms with Crippen molar-refractivity contribution in [2.45, 2.75) is 0 Å². The van der Waals surface area contributed by atoms with Crippen molar-refractivity contribution in [3.8, 4) is 5.75 Å². The number of halogens is 1. The summed E-state index contributed by atoms with van der Waals surface area (Å²) >= 11 is 1.25. The maximum atomic E-state index is 13.4. The molecular formula is C13H11FN2O3S. The number of ether oxygens (including phenoxy) is 1. The van der Waals surface area contributed by atoms with Gasteiger partial charge in [0.2, 0.25) is 0 Å². The van der Waals surface area contributed by atoms with Crippen molar-refractivity contribution in [3.05, 3.63) is 52.0 Å². The summed E-state index contributed by atoms with van der Waals surface area (Å²) in [7, 11) is 1.33. The summed E-state index contributed by atoms with van der Waals surface area (Å²) in [4.78, 5) is 23.8. The summed E-state index contributed by atoms with van der Waals surface area (Å²) in [5.74, 6) is -1.65. The Morgan fingerprint density at radius 1 is 1.20 bits per heavy atom. The molecule has 0 aliphatic carbocycles. The predicted molar refractivity (Wildman–Crippen MR) is 72.2 cm³/mol. The van der Waals surface area contributed by atoms with Gasteiger partial charge in [0.15, 0.2) is 11.6 Å². The van der Waals surface area contributed by atoms with Crippen molar-refractivity contribution in [2.24, 2.45) is 0 Å². The Bertz CT molecular complexity index is 629. The van der Waals surface area contributed by atoms with Gasteiger partial charge in [-0.05, 0) is 29.6 Å². The molecule has 0 fully saturated rings. The first kappa shape index (κ1) is 14.0. The molecule has 1 heterocycles. The molecule has 104 valence electrons. The zero-order valence-corrected chi connectivity index (χ0v) is 11.3. The molecule has 0 spiro atoms. The Morgan fingerprint density at radius 2 is 1.95 bits per heavy atom. The molecule has 2 N–H and O–H groups in total. The normalized spacial score (nSPS) is 9.90. The van der Waals surface area contributed by atoms with Crippen LogP contribution >= 0.6 is 11.3 Å². The van der Waals surface area contributed by atoms with Crippen LogP contribution in [0.1, 0.15) is 20.0 Å². The number of carbonyl (C=O) groups is 2. The highest BCUT2D eigenvalue weighted by Gasteiger charge is 2.12. The van der Waals surface area contributed by atoms with Crippen molar-refractivity contribution in [2.75, 3.05) is 7.11 Å². The number of thiophene rings is 1. The molecule has 0 saturated heterocycles. The minimum atomic E-state index is -0.648. The summed E-state index contributed by atoms with van der Waals surface area (Å²) in [6, 6.07) is 7.12. The van der Waals surface area contributed by atoms with Crippen molar-refractivity contribution < 1.29 is 18.7 Å². The lowest BCUT2D eigenvalue weighted by Crippen LogP contribution is -2.41. The molecule has 7 heteroatoms.